The van der Waals surface area contributed by atoms with E-state index in [1.807, 2.05) is 29.2 Å². The Kier molecular flexibility index (Phi) is 11.4. The lowest BCUT2D eigenvalue weighted by atomic mass is 9.88. The van der Waals surface area contributed by atoms with Crippen molar-refractivity contribution in [2.75, 3.05) is 19.7 Å². The number of rotatable bonds is 4. The number of aromatic nitrogens is 2. The van der Waals surface area contributed by atoms with Crippen molar-refractivity contribution >= 4 is 17.8 Å². The molecule has 0 saturated carbocycles. The highest BCUT2D eigenvalue weighted by Crippen LogP contribution is 2.37. The Balaban J connectivity index is 0.000000333. The van der Waals surface area contributed by atoms with Crippen molar-refractivity contribution in [3.63, 3.8) is 0 Å². The van der Waals surface area contributed by atoms with Crippen LogP contribution in [0.5, 0.6) is 0 Å². The van der Waals surface area contributed by atoms with E-state index in [4.69, 9.17) is 29.3 Å². The molecule has 0 radical (unpaired) electrons. The SMILES string of the molecule is O=C(O)C(F)(F)F.O=C(O)C(F)(F)F.O=C(c1ccccn1)N1CCC2(CC1)CC(OCc1ccncc1)CO2. The Morgan fingerprint density at radius 2 is 1.50 bits per heavy atom. The number of carboxylic acid groups (broad SMARTS) is 2. The fourth-order valence-electron chi connectivity index (χ4n) is 3.72. The molecule has 1 unspecified atom stereocenters. The summed E-state index contributed by atoms with van der Waals surface area (Å²) in [6, 6.07) is 9.36. The summed E-state index contributed by atoms with van der Waals surface area (Å²) in [5.41, 5.74) is 1.48. The fraction of sp³-hybridized carbons (Fsp3) is 0.458. The molecule has 40 heavy (non-hydrogen) atoms. The zero-order valence-electron chi connectivity index (χ0n) is 20.7. The van der Waals surface area contributed by atoms with Gasteiger partial charge in [-0.1, -0.05) is 6.07 Å². The predicted octanol–water partition coefficient (Wildman–Crippen LogP) is 3.72. The zero-order valence-corrected chi connectivity index (χ0v) is 20.7. The molecule has 2 aliphatic heterocycles. The number of hydrogen-bond donors (Lipinski definition) is 2. The van der Waals surface area contributed by atoms with Gasteiger partial charge in [-0.2, -0.15) is 26.3 Å². The van der Waals surface area contributed by atoms with E-state index in [0.29, 0.717) is 32.0 Å². The summed E-state index contributed by atoms with van der Waals surface area (Å²) in [5.74, 6) is -5.51. The number of likely N-dealkylation sites (tertiary alicyclic amines) is 1. The molecule has 1 spiro atoms. The minimum absolute atomic E-state index is 0.00364. The van der Waals surface area contributed by atoms with Crippen LogP contribution in [0.4, 0.5) is 26.3 Å². The second kappa shape index (κ2) is 14.0. The second-order valence-corrected chi connectivity index (χ2v) is 8.60. The van der Waals surface area contributed by atoms with Crippen LogP contribution >= 0.6 is 0 Å². The number of alkyl halides is 6. The standard InChI is InChI=1S/C20H23N3O3.2C2HF3O2/c24-19(18-3-1-2-8-22-18)23-11-6-20(7-12-23)13-17(15-26-20)25-14-16-4-9-21-10-5-16;2*3-2(4,5)1(6)7/h1-5,8-10,17H,6-7,11-15H2;2*(H,6,7). The molecule has 0 bridgehead atoms. The van der Waals surface area contributed by atoms with Gasteiger partial charge in [0, 0.05) is 38.1 Å². The number of nitrogens with zero attached hydrogens (tertiary/aromatic N) is 3. The molecule has 4 rings (SSSR count). The number of pyridine rings is 2. The molecule has 220 valence electrons. The largest absolute Gasteiger partial charge is 0.490 e. The molecule has 2 aliphatic rings. The number of hydrogen-bond acceptors (Lipinski definition) is 7. The van der Waals surface area contributed by atoms with Crippen molar-refractivity contribution in [2.24, 2.45) is 0 Å². The van der Waals surface area contributed by atoms with Crippen LogP contribution in [0.25, 0.3) is 0 Å². The van der Waals surface area contributed by atoms with Crippen LogP contribution in [-0.4, -0.2) is 86.7 Å². The van der Waals surface area contributed by atoms with Crippen LogP contribution < -0.4 is 0 Å². The maximum Gasteiger partial charge on any atom is 0.490 e. The molecule has 0 aliphatic carbocycles. The topological polar surface area (TPSA) is 139 Å². The van der Waals surface area contributed by atoms with Crippen molar-refractivity contribution in [1.29, 1.82) is 0 Å². The van der Waals surface area contributed by atoms with Crippen LogP contribution in [0.15, 0.2) is 48.9 Å². The number of amides is 1. The first-order chi connectivity index (χ1) is 18.6. The molecule has 2 N–H and O–H groups in total. The number of piperidine rings is 1. The van der Waals surface area contributed by atoms with E-state index in [1.54, 1.807) is 24.7 Å². The number of carbonyl (C=O) groups is 3. The van der Waals surface area contributed by atoms with Crippen molar-refractivity contribution in [2.45, 2.75) is 49.9 Å². The summed E-state index contributed by atoms with van der Waals surface area (Å²) in [6.07, 6.45) is -2.25. The van der Waals surface area contributed by atoms with Crippen LogP contribution in [0.3, 0.4) is 0 Å². The van der Waals surface area contributed by atoms with Crippen molar-refractivity contribution in [3.05, 3.63) is 60.2 Å². The van der Waals surface area contributed by atoms with Gasteiger partial charge < -0.3 is 24.6 Å². The Bertz CT molecular complexity index is 1090. The molecule has 1 atom stereocenters. The molecule has 2 aromatic rings. The quantitative estimate of drug-likeness (QED) is 0.517. The van der Waals surface area contributed by atoms with E-state index in [2.05, 4.69) is 9.97 Å². The first-order valence-electron chi connectivity index (χ1n) is 11.6. The van der Waals surface area contributed by atoms with Gasteiger partial charge in [0.1, 0.15) is 5.69 Å². The summed E-state index contributed by atoms with van der Waals surface area (Å²) in [4.78, 5) is 40.4. The highest BCUT2D eigenvalue weighted by atomic mass is 19.4. The lowest BCUT2D eigenvalue weighted by Crippen LogP contribution is -2.46. The first-order valence-corrected chi connectivity index (χ1v) is 11.6. The number of ether oxygens (including phenoxy) is 2. The molecular formula is C24H25F6N3O7. The molecule has 2 aromatic heterocycles. The molecule has 0 aromatic carbocycles. The summed E-state index contributed by atoms with van der Waals surface area (Å²) in [5, 5.41) is 14.2. The van der Waals surface area contributed by atoms with Gasteiger partial charge in [0.25, 0.3) is 5.91 Å². The normalized spacial score (nSPS) is 18.1. The molecule has 16 heteroatoms. The summed E-state index contributed by atoms with van der Waals surface area (Å²) in [7, 11) is 0. The van der Waals surface area contributed by atoms with Gasteiger partial charge in [0.15, 0.2) is 0 Å². The third kappa shape index (κ3) is 10.4. The Labute approximate surface area is 223 Å². The van der Waals surface area contributed by atoms with Gasteiger partial charge >= 0.3 is 24.3 Å². The lowest BCUT2D eigenvalue weighted by Gasteiger charge is -2.38. The van der Waals surface area contributed by atoms with Gasteiger partial charge in [-0.15, -0.1) is 0 Å². The number of carboxylic acids is 2. The van der Waals surface area contributed by atoms with Crippen LogP contribution in [-0.2, 0) is 25.7 Å². The zero-order chi connectivity index (χ0) is 30.0. The Morgan fingerprint density at radius 3 is 1.98 bits per heavy atom. The van der Waals surface area contributed by atoms with Gasteiger partial charge in [0.05, 0.1) is 24.9 Å². The maximum atomic E-state index is 12.5. The molecule has 4 heterocycles. The molecule has 1 amide bonds. The number of aliphatic carboxylic acids is 2. The van der Waals surface area contributed by atoms with Crippen LogP contribution in [0.2, 0.25) is 0 Å². The van der Waals surface area contributed by atoms with E-state index in [-0.39, 0.29) is 17.6 Å². The lowest BCUT2D eigenvalue weighted by molar-refractivity contribution is -0.193. The smallest absolute Gasteiger partial charge is 0.475 e. The maximum absolute atomic E-state index is 12.5. The molecule has 10 nitrogen and oxygen atoms in total. The van der Waals surface area contributed by atoms with Crippen LogP contribution in [0, 0.1) is 0 Å². The van der Waals surface area contributed by atoms with E-state index < -0.39 is 24.3 Å². The minimum atomic E-state index is -5.08. The van der Waals surface area contributed by atoms with Gasteiger partial charge in [-0.05, 0) is 42.7 Å². The van der Waals surface area contributed by atoms with Crippen molar-refractivity contribution < 1.29 is 60.4 Å². The molecular weight excluding hydrogens is 556 g/mol. The minimum Gasteiger partial charge on any atom is -0.475 e. The average molecular weight is 581 g/mol. The van der Waals surface area contributed by atoms with E-state index in [0.717, 1.165) is 24.8 Å². The van der Waals surface area contributed by atoms with Gasteiger partial charge in [-0.3, -0.25) is 14.8 Å². The van der Waals surface area contributed by atoms with Gasteiger partial charge in [-0.25, -0.2) is 9.59 Å². The monoisotopic (exact) mass is 581 g/mol. The summed E-state index contributed by atoms with van der Waals surface area (Å²) >= 11 is 0. The number of carbonyl (C=O) groups excluding carboxylic acids is 1. The van der Waals surface area contributed by atoms with Gasteiger partial charge in [0.2, 0.25) is 0 Å². The third-order valence-corrected chi connectivity index (χ3v) is 5.74. The van der Waals surface area contributed by atoms with E-state index in [1.165, 1.54) is 0 Å². The number of halogens is 6. The van der Waals surface area contributed by atoms with Crippen molar-refractivity contribution in [3.8, 4) is 0 Å². The van der Waals surface area contributed by atoms with Crippen molar-refractivity contribution in [1.82, 2.24) is 14.9 Å². The predicted molar refractivity (Wildman–Crippen MR) is 123 cm³/mol. The average Bonchev–Trinajstić information content (AvgIpc) is 3.30. The van der Waals surface area contributed by atoms with Crippen LogP contribution in [0.1, 0.15) is 35.3 Å². The van der Waals surface area contributed by atoms with E-state index in [9.17, 15) is 31.1 Å². The molecule has 2 fully saturated rings. The first kappa shape index (κ1) is 32.4. The third-order valence-electron chi connectivity index (χ3n) is 5.74. The Morgan fingerprint density at radius 1 is 0.950 bits per heavy atom. The summed E-state index contributed by atoms with van der Waals surface area (Å²) in [6.45, 7) is 2.61. The van der Waals surface area contributed by atoms with E-state index >= 15 is 0 Å². The highest BCUT2D eigenvalue weighted by molar-refractivity contribution is 5.92. The Hall–Kier alpha value is -3.79. The molecule has 2 saturated heterocycles. The summed E-state index contributed by atoms with van der Waals surface area (Å²) < 4.78 is 75.6. The fourth-order valence-corrected chi connectivity index (χ4v) is 3.72. The second-order valence-electron chi connectivity index (χ2n) is 8.60. The highest BCUT2D eigenvalue weighted by Gasteiger charge is 2.44.